The summed E-state index contributed by atoms with van der Waals surface area (Å²) in [5, 5.41) is 0. The molecule has 1 fully saturated rings. The van der Waals surface area contributed by atoms with Gasteiger partial charge in [-0.2, -0.15) is 0 Å². The van der Waals surface area contributed by atoms with Gasteiger partial charge in [-0.05, 0) is 19.3 Å². The summed E-state index contributed by atoms with van der Waals surface area (Å²) in [5.74, 6) is -0.345. The summed E-state index contributed by atoms with van der Waals surface area (Å²) < 4.78 is 10.5. The maximum absolute atomic E-state index is 11.4. The fourth-order valence-electron chi connectivity index (χ4n) is 1.50. The van der Waals surface area contributed by atoms with Crippen molar-refractivity contribution < 1.29 is 14.3 Å². The highest BCUT2D eigenvalue weighted by molar-refractivity contribution is 5.72. The summed E-state index contributed by atoms with van der Waals surface area (Å²) in [7, 11) is 0. The Hall–Kier alpha value is -0.610. The van der Waals surface area contributed by atoms with Gasteiger partial charge in [0.05, 0.1) is 12.0 Å². The minimum absolute atomic E-state index is 0.106. The van der Waals surface area contributed by atoms with Crippen molar-refractivity contribution in [3.05, 3.63) is 0 Å². The van der Waals surface area contributed by atoms with Crippen molar-refractivity contribution in [2.75, 3.05) is 19.8 Å². The van der Waals surface area contributed by atoms with E-state index in [-0.39, 0.29) is 18.0 Å². The second kappa shape index (κ2) is 5.98. The molecule has 2 atom stereocenters. The summed E-state index contributed by atoms with van der Waals surface area (Å²) in [6.07, 6.45) is 2.90. The molecular weight excluding hydrogens is 182 g/mol. The first kappa shape index (κ1) is 11.5. The van der Waals surface area contributed by atoms with Crippen LogP contribution in [-0.2, 0) is 14.3 Å². The van der Waals surface area contributed by atoms with Gasteiger partial charge in [-0.25, -0.2) is 0 Å². The van der Waals surface area contributed by atoms with Crippen molar-refractivity contribution in [3.63, 3.8) is 0 Å². The highest BCUT2D eigenvalue weighted by Crippen LogP contribution is 2.13. The third kappa shape index (κ3) is 3.27. The molecule has 0 saturated carbocycles. The van der Waals surface area contributed by atoms with E-state index in [1.165, 1.54) is 0 Å². The van der Waals surface area contributed by atoms with E-state index in [2.05, 4.69) is 0 Å². The molecule has 0 aliphatic carbocycles. The van der Waals surface area contributed by atoms with Crippen LogP contribution >= 0.6 is 0 Å². The van der Waals surface area contributed by atoms with Gasteiger partial charge in [-0.3, -0.25) is 4.79 Å². The van der Waals surface area contributed by atoms with Crippen LogP contribution in [-0.4, -0.2) is 31.8 Å². The highest BCUT2D eigenvalue weighted by atomic mass is 16.6. The molecule has 4 heteroatoms. The van der Waals surface area contributed by atoms with Crippen LogP contribution in [0.2, 0.25) is 0 Å². The van der Waals surface area contributed by atoms with Gasteiger partial charge in [0.25, 0.3) is 0 Å². The van der Waals surface area contributed by atoms with E-state index in [0.29, 0.717) is 13.2 Å². The molecular formula is C10H19NO3. The Morgan fingerprint density at radius 1 is 1.71 bits per heavy atom. The van der Waals surface area contributed by atoms with E-state index in [4.69, 9.17) is 15.2 Å². The van der Waals surface area contributed by atoms with Gasteiger partial charge in [-0.15, -0.1) is 0 Å². The lowest BCUT2D eigenvalue weighted by molar-refractivity contribution is -0.151. The molecule has 0 aromatic carbocycles. The number of hydrogen-bond acceptors (Lipinski definition) is 4. The van der Waals surface area contributed by atoms with Gasteiger partial charge in [0.15, 0.2) is 0 Å². The van der Waals surface area contributed by atoms with Crippen LogP contribution in [0.25, 0.3) is 0 Å². The van der Waals surface area contributed by atoms with Gasteiger partial charge >= 0.3 is 5.97 Å². The Balaban J connectivity index is 2.18. The van der Waals surface area contributed by atoms with E-state index in [0.717, 1.165) is 25.9 Å². The zero-order chi connectivity index (χ0) is 10.4. The highest BCUT2D eigenvalue weighted by Gasteiger charge is 2.20. The first-order chi connectivity index (χ1) is 6.77. The molecule has 0 bridgehead atoms. The number of hydrogen-bond donors (Lipinski definition) is 1. The molecule has 0 aromatic rings. The molecule has 1 heterocycles. The molecule has 1 aliphatic rings. The lowest BCUT2D eigenvalue weighted by Crippen LogP contribution is -2.27. The monoisotopic (exact) mass is 201 g/mol. The SMILES string of the molecule is CCC(CN)C(=O)OCC1CCCO1. The number of ether oxygens (including phenoxy) is 2. The van der Waals surface area contributed by atoms with Crippen LogP contribution in [0.15, 0.2) is 0 Å². The predicted octanol–water partition coefficient (Wildman–Crippen LogP) is 0.693. The molecule has 2 unspecified atom stereocenters. The average molecular weight is 201 g/mol. The zero-order valence-corrected chi connectivity index (χ0v) is 8.70. The summed E-state index contributed by atoms with van der Waals surface area (Å²) in [6, 6.07) is 0. The first-order valence-electron chi connectivity index (χ1n) is 5.26. The summed E-state index contributed by atoms with van der Waals surface area (Å²) in [4.78, 5) is 11.4. The summed E-state index contributed by atoms with van der Waals surface area (Å²) >= 11 is 0. The molecule has 4 nitrogen and oxygen atoms in total. The van der Waals surface area contributed by atoms with Gasteiger partial charge < -0.3 is 15.2 Å². The molecule has 14 heavy (non-hydrogen) atoms. The van der Waals surface area contributed by atoms with Crippen LogP contribution in [0, 0.1) is 5.92 Å². The molecule has 1 rings (SSSR count). The van der Waals surface area contributed by atoms with Crippen LogP contribution in [0.3, 0.4) is 0 Å². The third-order valence-corrected chi connectivity index (χ3v) is 2.55. The Labute approximate surface area is 84.7 Å². The van der Waals surface area contributed by atoms with Gasteiger partial charge in [0.1, 0.15) is 6.61 Å². The van der Waals surface area contributed by atoms with E-state index in [1.807, 2.05) is 6.92 Å². The molecule has 82 valence electrons. The van der Waals surface area contributed by atoms with E-state index in [9.17, 15) is 4.79 Å². The molecule has 0 amide bonds. The van der Waals surface area contributed by atoms with Crippen molar-refractivity contribution in [2.24, 2.45) is 11.7 Å². The van der Waals surface area contributed by atoms with Crippen LogP contribution in [0.5, 0.6) is 0 Å². The standard InChI is InChI=1S/C10H19NO3/c1-2-8(6-11)10(12)14-7-9-4-3-5-13-9/h8-9H,2-7,11H2,1H3. The zero-order valence-electron chi connectivity index (χ0n) is 8.70. The Morgan fingerprint density at radius 2 is 2.50 bits per heavy atom. The topological polar surface area (TPSA) is 61.6 Å². The lowest BCUT2D eigenvalue weighted by Gasteiger charge is -2.14. The summed E-state index contributed by atoms with van der Waals surface area (Å²) in [6.45, 7) is 3.47. The van der Waals surface area contributed by atoms with Crippen molar-refractivity contribution in [1.82, 2.24) is 0 Å². The molecule has 1 aliphatic heterocycles. The van der Waals surface area contributed by atoms with E-state index >= 15 is 0 Å². The van der Waals surface area contributed by atoms with E-state index in [1.54, 1.807) is 0 Å². The second-order valence-electron chi connectivity index (χ2n) is 3.61. The number of rotatable bonds is 5. The fraction of sp³-hybridized carbons (Fsp3) is 0.900. The van der Waals surface area contributed by atoms with Crippen molar-refractivity contribution >= 4 is 5.97 Å². The average Bonchev–Trinajstić information content (AvgIpc) is 2.69. The first-order valence-corrected chi connectivity index (χ1v) is 5.26. The maximum atomic E-state index is 11.4. The smallest absolute Gasteiger partial charge is 0.310 e. The van der Waals surface area contributed by atoms with Crippen LogP contribution in [0.4, 0.5) is 0 Å². The largest absolute Gasteiger partial charge is 0.463 e. The minimum Gasteiger partial charge on any atom is -0.463 e. The molecule has 1 saturated heterocycles. The summed E-state index contributed by atoms with van der Waals surface area (Å²) in [5.41, 5.74) is 5.44. The molecule has 0 radical (unpaired) electrons. The lowest BCUT2D eigenvalue weighted by atomic mass is 10.1. The Bertz CT molecular complexity index is 174. The number of carbonyl (C=O) groups is 1. The van der Waals surface area contributed by atoms with Gasteiger partial charge in [0.2, 0.25) is 0 Å². The quantitative estimate of drug-likeness (QED) is 0.665. The number of nitrogens with two attached hydrogens (primary N) is 1. The van der Waals surface area contributed by atoms with Crippen molar-refractivity contribution in [1.29, 1.82) is 0 Å². The van der Waals surface area contributed by atoms with Crippen molar-refractivity contribution in [3.8, 4) is 0 Å². The normalized spacial score (nSPS) is 23.4. The van der Waals surface area contributed by atoms with Gasteiger partial charge in [0, 0.05) is 13.2 Å². The predicted molar refractivity (Wildman–Crippen MR) is 52.8 cm³/mol. The van der Waals surface area contributed by atoms with E-state index < -0.39 is 0 Å². The molecule has 2 N–H and O–H groups in total. The van der Waals surface area contributed by atoms with Gasteiger partial charge in [-0.1, -0.05) is 6.92 Å². The fourth-order valence-corrected chi connectivity index (χ4v) is 1.50. The third-order valence-electron chi connectivity index (χ3n) is 2.55. The Kier molecular flexibility index (Phi) is 4.90. The maximum Gasteiger partial charge on any atom is 0.310 e. The van der Waals surface area contributed by atoms with Crippen molar-refractivity contribution in [2.45, 2.75) is 32.3 Å². The number of esters is 1. The molecule has 0 aromatic heterocycles. The Morgan fingerprint density at radius 3 is 3.00 bits per heavy atom. The second-order valence-corrected chi connectivity index (χ2v) is 3.61. The van der Waals surface area contributed by atoms with Crippen LogP contribution < -0.4 is 5.73 Å². The minimum atomic E-state index is -0.189. The van der Waals surface area contributed by atoms with Crippen LogP contribution in [0.1, 0.15) is 26.2 Å². The molecule has 0 spiro atoms. The number of carbonyl (C=O) groups excluding carboxylic acids is 1.